The molecule has 0 bridgehead atoms. The summed E-state index contributed by atoms with van der Waals surface area (Å²) in [7, 11) is -3.26. The number of benzene rings is 1. The van der Waals surface area contributed by atoms with Crippen molar-refractivity contribution in [3.63, 3.8) is 0 Å². The molecule has 0 spiro atoms. The van der Waals surface area contributed by atoms with Crippen LogP contribution in [0.5, 0.6) is 0 Å². The van der Waals surface area contributed by atoms with Gasteiger partial charge in [-0.1, -0.05) is 18.2 Å². The Hall–Kier alpha value is -2.72. The number of esters is 1. The molecular formula is C16H21N5O4S. The topological polar surface area (TPSA) is 122 Å². The molecule has 0 atom stereocenters. The number of nitrogens with one attached hydrogen (secondary N) is 3. The van der Waals surface area contributed by atoms with Crippen molar-refractivity contribution < 1.29 is 17.9 Å². The van der Waals surface area contributed by atoms with Gasteiger partial charge in [0.1, 0.15) is 5.56 Å². The van der Waals surface area contributed by atoms with Gasteiger partial charge in [-0.05, 0) is 19.1 Å². The highest BCUT2D eigenvalue weighted by molar-refractivity contribution is 7.88. The monoisotopic (exact) mass is 379 g/mol. The predicted octanol–water partition coefficient (Wildman–Crippen LogP) is 1.36. The molecule has 1 aromatic heterocycles. The number of hydrogen-bond donors (Lipinski definition) is 3. The van der Waals surface area contributed by atoms with Gasteiger partial charge >= 0.3 is 5.97 Å². The number of aromatic nitrogens is 2. The van der Waals surface area contributed by atoms with Crippen LogP contribution in [0, 0.1) is 0 Å². The first-order valence-corrected chi connectivity index (χ1v) is 9.83. The second-order valence-corrected chi connectivity index (χ2v) is 7.09. The van der Waals surface area contributed by atoms with Crippen molar-refractivity contribution in [3.8, 4) is 0 Å². The molecule has 0 aliphatic rings. The molecule has 0 saturated carbocycles. The minimum absolute atomic E-state index is 0.184. The van der Waals surface area contributed by atoms with E-state index in [-0.39, 0.29) is 31.2 Å². The van der Waals surface area contributed by atoms with Gasteiger partial charge in [-0.3, -0.25) is 0 Å². The Kier molecular flexibility index (Phi) is 6.87. The summed E-state index contributed by atoms with van der Waals surface area (Å²) < 4.78 is 29.5. The average molecular weight is 379 g/mol. The van der Waals surface area contributed by atoms with Crippen LogP contribution in [0.15, 0.2) is 36.5 Å². The minimum Gasteiger partial charge on any atom is -0.462 e. The third kappa shape index (κ3) is 6.30. The van der Waals surface area contributed by atoms with E-state index in [1.54, 1.807) is 6.92 Å². The van der Waals surface area contributed by atoms with Crippen molar-refractivity contribution in [2.75, 3.05) is 36.6 Å². The maximum absolute atomic E-state index is 12.1. The third-order valence-electron chi connectivity index (χ3n) is 3.09. The molecule has 0 amide bonds. The molecule has 0 fully saturated rings. The van der Waals surface area contributed by atoms with Crippen LogP contribution in [0.3, 0.4) is 0 Å². The Morgan fingerprint density at radius 3 is 2.58 bits per heavy atom. The normalized spacial score (nSPS) is 11.0. The van der Waals surface area contributed by atoms with Gasteiger partial charge in [0.2, 0.25) is 16.0 Å². The summed E-state index contributed by atoms with van der Waals surface area (Å²) in [6.07, 6.45) is 2.45. The molecule has 26 heavy (non-hydrogen) atoms. The van der Waals surface area contributed by atoms with Crippen LogP contribution >= 0.6 is 0 Å². The van der Waals surface area contributed by atoms with Gasteiger partial charge in [0.25, 0.3) is 0 Å². The largest absolute Gasteiger partial charge is 0.462 e. The minimum atomic E-state index is -3.26. The molecule has 10 heteroatoms. The van der Waals surface area contributed by atoms with E-state index in [1.165, 1.54) is 6.20 Å². The highest BCUT2D eigenvalue weighted by atomic mass is 32.2. The molecule has 1 heterocycles. The first-order valence-electron chi connectivity index (χ1n) is 7.94. The van der Waals surface area contributed by atoms with Gasteiger partial charge in [-0.15, -0.1) is 0 Å². The van der Waals surface area contributed by atoms with Gasteiger partial charge < -0.3 is 15.4 Å². The summed E-state index contributed by atoms with van der Waals surface area (Å²) in [6, 6.07) is 9.24. The van der Waals surface area contributed by atoms with Crippen LogP contribution in [-0.2, 0) is 14.8 Å². The van der Waals surface area contributed by atoms with E-state index in [4.69, 9.17) is 4.74 Å². The van der Waals surface area contributed by atoms with E-state index in [0.717, 1.165) is 11.9 Å². The smallest absolute Gasteiger partial charge is 0.343 e. The number of nitrogens with zero attached hydrogens (tertiary/aromatic N) is 2. The summed E-state index contributed by atoms with van der Waals surface area (Å²) in [5.41, 5.74) is 0.956. The number of ether oxygens (including phenoxy) is 1. The van der Waals surface area contributed by atoms with E-state index in [2.05, 4.69) is 25.3 Å². The Morgan fingerprint density at radius 2 is 1.92 bits per heavy atom. The number of hydrogen-bond acceptors (Lipinski definition) is 8. The zero-order valence-corrected chi connectivity index (χ0v) is 15.3. The Labute approximate surface area is 152 Å². The maximum atomic E-state index is 12.1. The molecule has 2 aromatic rings. The van der Waals surface area contributed by atoms with Crippen molar-refractivity contribution in [2.45, 2.75) is 6.92 Å². The van der Waals surface area contributed by atoms with Gasteiger partial charge in [-0.2, -0.15) is 4.98 Å². The zero-order valence-electron chi connectivity index (χ0n) is 14.5. The highest BCUT2D eigenvalue weighted by Gasteiger charge is 2.16. The van der Waals surface area contributed by atoms with E-state index >= 15 is 0 Å². The molecule has 0 saturated heterocycles. The number of carbonyl (C=O) groups is 1. The fourth-order valence-corrected chi connectivity index (χ4v) is 2.46. The molecule has 0 aliphatic carbocycles. The van der Waals surface area contributed by atoms with E-state index in [1.807, 2.05) is 30.3 Å². The average Bonchev–Trinajstić information content (AvgIpc) is 2.59. The molecule has 9 nitrogen and oxygen atoms in total. The van der Waals surface area contributed by atoms with Crippen LogP contribution in [0.2, 0.25) is 0 Å². The molecular weight excluding hydrogens is 358 g/mol. The van der Waals surface area contributed by atoms with Gasteiger partial charge in [0.05, 0.1) is 12.9 Å². The molecule has 0 aliphatic heterocycles. The summed E-state index contributed by atoms with van der Waals surface area (Å²) in [5, 5.41) is 5.96. The molecule has 3 N–H and O–H groups in total. The van der Waals surface area contributed by atoms with Gasteiger partial charge in [0, 0.05) is 25.0 Å². The van der Waals surface area contributed by atoms with E-state index in [9.17, 15) is 13.2 Å². The quantitative estimate of drug-likeness (QED) is 0.441. The van der Waals surface area contributed by atoms with E-state index in [0.29, 0.717) is 5.82 Å². The van der Waals surface area contributed by atoms with Crippen LogP contribution in [-0.4, -0.2) is 50.3 Å². The Bertz CT molecular complexity index is 843. The summed E-state index contributed by atoms with van der Waals surface area (Å²) in [5.74, 6) is 0.0197. The van der Waals surface area contributed by atoms with Crippen molar-refractivity contribution >= 4 is 33.4 Å². The fraction of sp³-hybridized carbons (Fsp3) is 0.312. The molecule has 140 valence electrons. The first kappa shape index (κ1) is 19.6. The third-order valence-corrected chi connectivity index (χ3v) is 3.82. The fourth-order valence-electron chi connectivity index (χ4n) is 1.99. The number of rotatable bonds is 9. The SMILES string of the molecule is CCOC(=O)c1cnc(NCCNS(C)(=O)=O)nc1Nc1ccccc1. The maximum Gasteiger partial charge on any atom is 0.343 e. The van der Waals surface area contributed by atoms with Gasteiger partial charge in [-0.25, -0.2) is 22.9 Å². The van der Waals surface area contributed by atoms with Crippen molar-refractivity contribution in [1.82, 2.24) is 14.7 Å². The molecule has 0 unspecified atom stereocenters. The lowest BCUT2D eigenvalue weighted by Crippen LogP contribution is -2.28. The number of sulfonamides is 1. The number of para-hydroxylation sites is 1. The summed E-state index contributed by atoms with van der Waals surface area (Å²) >= 11 is 0. The lowest BCUT2D eigenvalue weighted by Gasteiger charge is -2.12. The van der Waals surface area contributed by atoms with Crippen LogP contribution in [0.4, 0.5) is 17.5 Å². The standard InChI is InChI=1S/C16H21N5O4S/c1-3-25-15(22)13-11-18-16(17-9-10-19-26(2,23)24)21-14(13)20-12-7-5-4-6-8-12/h4-8,11,19H,3,9-10H2,1-2H3,(H2,17,18,20,21). The predicted molar refractivity (Wildman–Crippen MR) is 99.0 cm³/mol. The van der Waals surface area contributed by atoms with Crippen LogP contribution < -0.4 is 15.4 Å². The zero-order chi connectivity index (χ0) is 19.0. The lowest BCUT2D eigenvalue weighted by atomic mass is 10.2. The second kappa shape index (κ2) is 9.11. The van der Waals surface area contributed by atoms with Crippen LogP contribution in [0.1, 0.15) is 17.3 Å². The lowest BCUT2D eigenvalue weighted by molar-refractivity contribution is 0.0526. The number of carbonyl (C=O) groups excluding carboxylic acids is 1. The Balaban J connectivity index is 2.15. The van der Waals surface area contributed by atoms with Crippen LogP contribution in [0.25, 0.3) is 0 Å². The van der Waals surface area contributed by atoms with Crippen molar-refractivity contribution in [1.29, 1.82) is 0 Å². The molecule has 1 aromatic carbocycles. The Morgan fingerprint density at radius 1 is 1.19 bits per heavy atom. The number of anilines is 3. The first-order chi connectivity index (χ1) is 12.4. The molecule has 0 radical (unpaired) electrons. The van der Waals surface area contributed by atoms with Crippen molar-refractivity contribution in [2.24, 2.45) is 0 Å². The summed E-state index contributed by atoms with van der Waals surface area (Å²) in [6.45, 7) is 2.43. The highest BCUT2D eigenvalue weighted by Crippen LogP contribution is 2.20. The molecule has 2 rings (SSSR count). The second-order valence-electron chi connectivity index (χ2n) is 5.26. The van der Waals surface area contributed by atoms with Gasteiger partial charge in [0.15, 0.2) is 5.82 Å². The van der Waals surface area contributed by atoms with Crippen molar-refractivity contribution in [3.05, 3.63) is 42.1 Å². The summed E-state index contributed by atoms with van der Waals surface area (Å²) in [4.78, 5) is 20.5. The van der Waals surface area contributed by atoms with E-state index < -0.39 is 16.0 Å².